The molecule has 0 bridgehead atoms. The molecule has 7 nitrogen and oxygen atoms in total. The molecule has 0 saturated carbocycles. The molecule has 0 aliphatic rings. The van der Waals surface area contributed by atoms with Crippen molar-refractivity contribution >= 4 is 46.6 Å². The second kappa shape index (κ2) is 10.9. The van der Waals surface area contributed by atoms with Crippen LogP contribution < -0.4 is 16.2 Å². The molecule has 0 radical (unpaired) electrons. The molecule has 0 spiro atoms. The average Bonchev–Trinajstić information content (AvgIpc) is 2.73. The van der Waals surface area contributed by atoms with E-state index in [0.29, 0.717) is 0 Å². The topological polar surface area (TPSA) is 96.5 Å². The summed E-state index contributed by atoms with van der Waals surface area (Å²) in [7, 11) is 0. The molecule has 2 aromatic carbocycles. The lowest BCUT2D eigenvalue weighted by atomic mass is 10.0. The van der Waals surface area contributed by atoms with Crippen molar-refractivity contribution in [2.45, 2.75) is 12.4 Å². The highest BCUT2D eigenvalue weighted by Crippen LogP contribution is 2.36. The van der Waals surface area contributed by atoms with Crippen molar-refractivity contribution in [2.24, 2.45) is 0 Å². The maximum absolute atomic E-state index is 12.9. The van der Waals surface area contributed by atoms with E-state index in [0.717, 1.165) is 0 Å². The Morgan fingerprint density at radius 1 is 0.824 bits per heavy atom. The maximum Gasteiger partial charge on any atom is 0.416 e. The number of benzene rings is 2. The fraction of sp³-hybridized carbons (Fsp3) is 0.211. The monoisotopic (exact) mass is 531 g/mol. The van der Waals surface area contributed by atoms with E-state index >= 15 is 0 Å². The molecule has 3 N–H and O–H groups in total. The first-order chi connectivity index (χ1) is 15.7. The highest BCUT2D eigenvalue weighted by Gasteiger charge is 2.37. The van der Waals surface area contributed by atoms with E-state index < -0.39 is 60.0 Å². The van der Waals surface area contributed by atoms with Crippen LogP contribution in [0.5, 0.6) is 0 Å². The molecule has 0 atom stereocenters. The Morgan fingerprint density at radius 3 is 1.94 bits per heavy atom. The number of carbonyl (C=O) groups is 3. The molecule has 2 aromatic rings. The number of hydrazine groups is 1. The van der Waals surface area contributed by atoms with Crippen LogP contribution in [0.4, 0.5) is 32.0 Å². The molecule has 3 amide bonds. The first kappa shape index (κ1) is 27.2. The van der Waals surface area contributed by atoms with Crippen molar-refractivity contribution in [1.82, 2.24) is 10.9 Å². The van der Waals surface area contributed by atoms with Gasteiger partial charge in [-0.1, -0.05) is 29.3 Å². The predicted octanol–water partition coefficient (Wildman–Crippen LogP) is 4.45. The lowest BCUT2D eigenvalue weighted by molar-refractivity contribution is -0.143. The number of alkyl halides is 6. The summed E-state index contributed by atoms with van der Waals surface area (Å²) in [6.45, 7) is -1.42. The Hall–Kier alpha value is -3.03. The molecular weight excluding hydrogens is 519 g/mol. The second-order valence-corrected chi connectivity index (χ2v) is 7.22. The molecule has 184 valence electrons. The number of anilines is 1. The number of ether oxygens (including phenoxy) is 1. The SMILES string of the molecule is O=C(COCC(=O)Nc1cccc(Cl)c1Cl)NNC(=O)c1cc(C(F)(F)F)cc(C(F)(F)F)c1. The lowest BCUT2D eigenvalue weighted by Gasteiger charge is -2.14. The number of rotatable bonds is 6. The average molecular weight is 532 g/mol. The fourth-order valence-corrected chi connectivity index (χ4v) is 2.69. The van der Waals surface area contributed by atoms with Gasteiger partial charge in [-0.05, 0) is 30.3 Å². The Kier molecular flexibility index (Phi) is 8.75. The van der Waals surface area contributed by atoms with Gasteiger partial charge in [-0.15, -0.1) is 0 Å². The number of nitrogens with one attached hydrogen (secondary N) is 3. The predicted molar refractivity (Wildman–Crippen MR) is 108 cm³/mol. The van der Waals surface area contributed by atoms with Gasteiger partial charge in [0.2, 0.25) is 5.91 Å². The first-order valence-electron chi connectivity index (χ1n) is 8.88. The molecular formula is C19H13Cl2F6N3O4. The molecule has 0 aromatic heterocycles. The lowest BCUT2D eigenvalue weighted by Crippen LogP contribution is -2.43. The minimum atomic E-state index is -5.15. The minimum absolute atomic E-state index is 0.0706. The Balaban J connectivity index is 1.89. The van der Waals surface area contributed by atoms with E-state index in [2.05, 4.69) is 5.32 Å². The highest BCUT2D eigenvalue weighted by molar-refractivity contribution is 6.44. The van der Waals surface area contributed by atoms with Crippen molar-refractivity contribution in [2.75, 3.05) is 18.5 Å². The zero-order valence-electron chi connectivity index (χ0n) is 16.5. The van der Waals surface area contributed by atoms with Gasteiger partial charge in [0.05, 0.1) is 26.9 Å². The summed E-state index contributed by atoms with van der Waals surface area (Å²) < 4.78 is 82.0. The van der Waals surface area contributed by atoms with Crippen molar-refractivity contribution in [3.63, 3.8) is 0 Å². The zero-order chi connectivity index (χ0) is 25.7. The minimum Gasteiger partial charge on any atom is -0.362 e. The zero-order valence-corrected chi connectivity index (χ0v) is 18.0. The fourth-order valence-electron chi connectivity index (χ4n) is 2.34. The normalized spacial score (nSPS) is 11.6. The smallest absolute Gasteiger partial charge is 0.362 e. The van der Waals surface area contributed by atoms with Crippen LogP contribution >= 0.6 is 23.2 Å². The van der Waals surface area contributed by atoms with Gasteiger partial charge in [-0.3, -0.25) is 25.2 Å². The van der Waals surface area contributed by atoms with Crippen LogP contribution in [0.15, 0.2) is 36.4 Å². The third kappa shape index (κ3) is 7.78. The van der Waals surface area contributed by atoms with Crippen LogP contribution in [0.2, 0.25) is 10.0 Å². The number of hydrogen-bond donors (Lipinski definition) is 3. The summed E-state index contributed by atoms with van der Waals surface area (Å²) in [5.41, 5.74) is -0.818. The van der Waals surface area contributed by atoms with Gasteiger partial charge in [-0.2, -0.15) is 26.3 Å². The summed E-state index contributed by atoms with van der Waals surface area (Å²) in [6, 6.07) is 4.69. The number of halogens is 8. The van der Waals surface area contributed by atoms with Crippen molar-refractivity contribution in [3.8, 4) is 0 Å². The van der Waals surface area contributed by atoms with E-state index in [4.69, 9.17) is 27.9 Å². The molecule has 0 fully saturated rings. The molecule has 0 aliphatic heterocycles. The van der Waals surface area contributed by atoms with Gasteiger partial charge in [0, 0.05) is 5.56 Å². The molecule has 15 heteroatoms. The second-order valence-electron chi connectivity index (χ2n) is 6.44. The van der Waals surface area contributed by atoms with Gasteiger partial charge < -0.3 is 10.1 Å². The van der Waals surface area contributed by atoms with Crippen LogP contribution in [0.1, 0.15) is 21.5 Å². The largest absolute Gasteiger partial charge is 0.416 e. The summed E-state index contributed by atoms with van der Waals surface area (Å²) in [5, 5.41) is 2.62. The van der Waals surface area contributed by atoms with Crippen LogP contribution in [0, 0.1) is 0 Å². The number of carbonyl (C=O) groups excluding carboxylic acids is 3. The summed E-state index contributed by atoms with van der Waals surface area (Å²) in [5.74, 6) is -3.21. The Bertz CT molecular complexity index is 1060. The highest BCUT2D eigenvalue weighted by atomic mass is 35.5. The van der Waals surface area contributed by atoms with Crippen molar-refractivity contribution in [1.29, 1.82) is 0 Å². The molecule has 0 aliphatic carbocycles. The first-order valence-corrected chi connectivity index (χ1v) is 9.64. The van der Waals surface area contributed by atoms with Gasteiger partial charge in [0.15, 0.2) is 0 Å². The van der Waals surface area contributed by atoms with Crippen molar-refractivity contribution in [3.05, 3.63) is 63.1 Å². The standard InChI is InChI=1S/C19H13Cl2F6N3O4/c20-12-2-1-3-13(16(12)21)28-14(31)7-34-8-15(32)29-30-17(33)9-4-10(18(22,23)24)6-11(5-9)19(25,26)27/h1-6H,7-8H2,(H,28,31)(H,29,32)(H,30,33). The van der Waals surface area contributed by atoms with Crippen LogP contribution in [0.25, 0.3) is 0 Å². The van der Waals surface area contributed by atoms with E-state index in [1.54, 1.807) is 10.9 Å². The molecule has 0 saturated heterocycles. The van der Waals surface area contributed by atoms with Crippen LogP contribution in [0.3, 0.4) is 0 Å². The summed E-state index contributed by atoms with van der Waals surface area (Å²) in [4.78, 5) is 35.5. The van der Waals surface area contributed by atoms with E-state index in [1.165, 1.54) is 18.2 Å². The summed E-state index contributed by atoms with van der Waals surface area (Å²) in [6.07, 6.45) is -10.3. The van der Waals surface area contributed by atoms with E-state index in [1.807, 2.05) is 0 Å². The third-order valence-corrected chi connectivity index (χ3v) is 4.68. The van der Waals surface area contributed by atoms with Crippen LogP contribution in [-0.2, 0) is 26.7 Å². The van der Waals surface area contributed by atoms with Crippen molar-refractivity contribution < 1.29 is 45.5 Å². The Labute approximate surface area is 197 Å². The van der Waals surface area contributed by atoms with Gasteiger partial charge in [0.25, 0.3) is 11.8 Å². The van der Waals surface area contributed by atoms with Gasteiger partial charge in [-0.25, -0.2) is 0 Å². The number of hydrogen-bond acceptors (Lipinski definition) is 4. The van der Waals surface area contributed by atoms with Gasteiger partial charge in [0.1, 0.15) is 13.2 Å². The van der Waals surface area contributed by atoms with Gasteiger partial charge >= 0.3 is 12.4 Å². The Morgan fingerprint density at radius 2 is 1.38 bits per heavy atom. The maximum atomic E-state index is 12.9. The molecule has 0 unspecified atom stereocenters. The molecule has 34 heavy (non-hydrogen) atoms. The van der Waals surface area contributed by atoms with Crippen LogP contribution in [-0.4, -0.2) is 30.9 Å². The number of amides is 3. The quantitative estimate of drug-likeness (QED) is 0.379. The third-order valence-electron chi connectivity index (χ3n) is 3.86. The molecule has 2 rings (SSSR count). The van der Waals surface area contributed by atoms with E-state index in [9.17, 15) is 40.7 Å². The molecule has 0 heterocycles. The summed E-state index contributed by atoms with van der Waals surface area (Å²) >= 11 is 11.7. The van der Waals surface area contributed by atoms with E-state index in [-0.39, 0.29) is 33.9 Å².